The van der Waals surface area contributed by atoms with Gasteiger partial charge in [0.05, 0.1) is 39.9 Å². The maximum atomic E-state index is 13.1. The molecule has 0 aromatic heterocycles. The number of aliphatic hydroxyl groups is 1. The second-order valence-corrected chi connectivity index (χ2v) is 30.2. The van der Waals surface area contributed by atoms with Gasteiger partial charge in [-0.05, 0) is 70.6 Å². The molecule has 0 aliphatic heterocycles. The maximum absolute atomic E-state index is 13.1. The Morgan fingerprint density at radius 3 is 0.957 bits per heavy atom. The SMILES string of the molecule is CC/C=C\C/C=C\C/C=C\C/C=C\C/C=C\C/C=C\C/C=C\CCCCCCCCCCCCCCCCCCCC(=O)NC(COP(=O)([O-])OCC[N+](C)(C)C)C(O)CCCCCCCCCCCCCCCCCCCCCCCCCCCCCCCCCC. The van der Waals surface area contributed by atoms with Gasteiger partial charge in [0.1, 0.15) is 13.2 Å². The number of phosphoric ester groups is 1. The van der Waals surface area contributed by atoms with Gasteiger partial charge in [-0.1, -0.05) is 401 Å². The van der Waals surface area contributed by atoms with Crippen LogP contribution in [0.4, 0.5) is 0 Å². The Kier molecular flexibility index (Phi) is 72.1. The van der Waals surface area contributed by atoms with Crippen LogP contribution in [0.3, 0.4) is 0 Å². The van der Waals surface area contributed by atoms with Crippen molar-refractivity contribution in [3.05, 3.63) is 85.1 Å². The number of nitrogens with zero attached hydrogens (tertiary/aromatic N) is 1. The molecule has 2 N–H and O–H groups in total. The van der Waals surface area contributed by atoms with Crippen molar-refractivity contribution in [1.82, 2.24) is 5.32 Å². The monoisotopic (exact) mass is 1320 g/mol. The molecule has 3 unspecified atom stereocenters. The molecule has 0 aliphatic rings. The van der Waals surface area contributed by atoms with Crippen LogP contribution in [0, 0.1) is 0 Å². The number of aliphatic hydroxyl groups excluding tert-OH is 1. The molecule has 9 heteroatoms. The standard InChI is InChI=1S/C84H157N2O6P/c1-6-8-10-12-14-16-18-20-22-24-26-28-30-32-34-36-38-40-41-42-43-44-45-46-48-50-52-54-56-58-60-62-64-66-68-70-72-74-76-78-84(88)85-82(81-92-93(89,90)91-80-79-86(3,4)5)83(87)77-75-73-71-69-67-65-63-61-59-57-55-53-51-49-47-39-37-35-33-31-29-27-25-23-21-19-17-15-13-11-9-7-2/h8,10,14,16,20,22,26,28,32,34,38,40,42-43,82-83,87H,6-7,9,11-13,15,17-19,21,23-25,27,29-31,33,35-37,39,41,44-81H2,1-5H3,(H-,85,88,89,90)/b10-8-,16-14-,22-20-,28-26-,34-32-,40-38-,43-42-. The second-order valence-electron chi connectivity index (χ2n) is 28.8. The smallest absolute Gasteiger partial charge is 0.268 e. The number of hydrogen-bond acceptors (Lipinski definition) is 6. The van der Waals surface area contributed by atoms with Gasteiger partial charge >= 0.3 is 0 Å². The van der Waals surface area contributed by atoms with Gasteiger partial charge in [-0.3, -0.25) is 9.36 Å². The number of carbonyl (C=O) groups is 1. The van der Waals surface area contributed by atoms with Crippen molar-refractivity contribution in [2.45, 2.75) is 405 Å². The van der Waals surface area contributed by atoms with E-state index in [2.05, 4.69) is 104 Å². The largest absolute Gasteiger partial charge is 0.756 e. The summed E-state index contributed by atoms with van der Waals surface area (Å²) in [6.07, 6.45) is 106. The topological polar surface area (TPSA) is 108 Å². The summed E-state index contributed by atoms with van der Waals surface area (Å²) < 4.78 is 23.6. The number of carbonyl (C=O) groups excluding carboxylic acids is 1. The highest BCUT2D eigenvalue weighted by molar-refractivity contribution is 7.45. The predicted molar refractivity (Wildman–Crippen MR) is 408 cm³/mol. The number of hydrogen-bond donors (Lipinski definition) is 2. The molecule has 0 aliphatic carbocycles. The zero-order valence-corrected chi connectivity index (χ0v) is 63.4. The lowest BCUT2D eigenvalue weighted by Crippen LogP contribution is -2.46. The molecule has 3 atom stereocenters. The van der Waals surface area contributed by atoms with E-state index in [4.69, 9.17) is 9.05 Å². The average Bonchev–Trinajstić information content (AvgIpc) is 1.94. The van der Waals surface area contributed by atoms with Gasteiger partial charge in [0.15, 0.2) is 0 Å². The van der Waals surface area contributed by atoms with Crippen LogP contribution >= 0.6 is 7.82 Å². The molecule has 8 nitrogen and oxygen atoms in total. The third-order valence-electron chi connectivity index (χ3n) is 18.4. The highest BCUT2D eigenvalue weighted by Gasteiger charge is 2.24. The van der Waals surface area contributed by atoms with Crippen molar-refractivity contribution in [2.24, 2.45) is 0 Å². The Morgan fingerprint density at radius 2 is 0.656 bits per heavy atom. The van der Waals surface area contributed by atoms with Crippen LogP contribution in [0.1, 0.15) is 393 Å². The molecule has 1 amide bonds. The molecule has 0 aromatic carbocycles. The second kappa shape index (κ2) is 73.9. The zero-order chi connectivity index (χ0) is 67.6. The van der Waals surface area contributed by atoms with E-state index in [-0.39, 0.29) is 19.1 Å². The third kappa shape index (κ3) is 76.9. The van der Waals surface area contributed by atoms with E-state index in [0.29, 0.717) is 23.9 Å². The van der Waals surface area contributed by atoms with E-state index in [1.807, 2.05) is 21.1 Å². The van der Waals surface area contributed by atoms with Gasteiger partial charge in [-0.15, -0.1) is 0 Å². The van der Waals surface area contributed by atoms with Crippen LogP contribution in [-0.2, 0) is 18.4 Å². The Bertz CT molecular complexity index is 1800. The van der Waals surface area contributed by atoms with E-state index in [1.54, 1.807) is 0 Å². The maximum Gasteiger partial charge on any atom is 0.268 e. The van der Waals surface area contributed by atoms with E-state index in [0.717, 1.165) is 83.5 Å². The van der Waals surface area contributed by atoms with Gasteiger partial charge in [0, 0.05) is 6.42 Å². The van der Waals surface area contributed by atoms with Crippen molar-refractivity contribution >= 4 is 13.7 Å². The highest BCUT2D eigenvalue weighted by atomic mass is 31.2. The van der Waals surface area contributed by atoms with E-state index >= 15 is 0 Å². The molecular weight excluding hydrogens is 1160 g/mol. The minimum atomic E-state index is -4.59. The summed E-state index contributed by atoms with van der Waals surface area (Å²) in [4.78, 5) is 25.8. The zero-order valence-electron chi connectivity index (χ0n) is 62.5. The Labute approximate surface area is 579 Å². The molecule has 0 aromatic rings. The van der Waals surface area contributed by atoms with Crippen molar-refractivity contribution in [2.75, 3.05) is 40.9 Å². The lowest BCUT2D eigenvalue weighted by Gasteiger charge is -2.30. The first kappa shape index (κ1) is 90.7. The lowest BCUT2D eigenvalue weighted by molar-refractivity contribution is -0.870. The molecule has 0 saturated heterocycles. The number of phosphoric acid groups is 1. The van der Waals surface area contributed by atoms with Crippen molar-refractivity contribution < 1.29 is 32.9 Å². The van der Waals surface area contributed by atoms with Crippen LogP contribution in [-0.4, -0.2) is 68.5 Å². The number of amides is 1. The molecule has 0 heterocycles. The van der Waals surface area contributed by atoms with Crippen LogP contribution in [0.2, 0.25) is 0 Å². The number of nitrogens with one attached hydrogen (secondary N) is 1. The number of unbranched alkanes of at least 4 members (excludes halogenated alkanes) is 48. The Balaban J connectivity index is 3.95. The first-order chi connectivity index (χ1) is 45.5. The fraction of sp³-hybridized carbons (Fsp3) is 0.821. The molecular formula is C84H157N2O6P. The summed E-state index contributed by atoms with van der Waals surface area (Å²) in [7, 11) is 1.32. The first-order valence-corrected chi connectivity index (χ1v) is 41.9. The van der Waals surface area contributed by atoms with Crippen LogP contribution in [0.25, 0.3) is 0 Å². The Morgan fingerprint density at radius 1 is 0.387 bits per heavy atom. The summed E-state index contributed by atoms with van der Waals surface area (Å²) in [5, 5.41) is 14.2. The van der Waals surface area contributed by atoms with Crippen molar-refractivity contribution in [3.8, 4) is 0 Å². The summed E-state index contributed by atoms with van der Waals surface area (Å²) in [6.45, 7) is 4.66. The summed E-state index contributed by atoms with van der Waals surface area (Å²) in [6, 6.07) is -0.806. The molecule has 0 bridgehead atoms. The number of allylic oxidation sites excluding steroid dienone is 14. The minimum Gasteiger partial charge on any atom is -0.756 e. The molecule has 544 valence electrons. The molecule has 0 radical (unpaired) electrons. The molecule has 0 spiro atoms. The molecule has 0 fully saturated rings. The van der Waals surface area contributed by atoms with Gasteiger partial charge in [-0.25, -0.2) is 0 Å². The van der Waals surface area contributed by atoms with Gasteiger partial charge in [0.25, 0.3) is 7.82 Å². The molecule has 93 heavy (non-hydrogen) atoms. The average molecular weight is 1320 g/mol. The minimum absolute atomic E-state index is 0.0118. The normalized spacial score (nSPS) is 13.9. The number of rotatable bonds is 75. The lowest BCUT2D eigenvalue weighted by atomic mass is 10.0. The predicted octanol–water partition coefficient (Wildman–Crippen LogP) is 26.0. The van der Waals surface area contributed by atoms with Gasteiger partial charge < -0.3 is 28.8 Å². The molecule has 0 saturated carbocycles. The summed E-state index contributed by atoms with van der Waals surface area (Å²) in [5.41, 5.74) is 0. The van der Waals surface area contributed by atoms with E-state index in [9.17, 15) is 19.4 Å². The number of likely N-dealkylation sites (N-methyl/N-ethyl adjacent to an activating group) is 1. The van der Waals surface area contributed by atoms with Crippen molar-refractivity contribution in [3.63, 3.8) is 0 Å². The summed E-state index contributed by atoms with van der Waals surface area (Å²) >= 11 is 0. The van der Waals surface area contributed by atoms with Gasteiger partial charge in [0.2, 0.25) is 5.91 Å². The fourth-order valence-electron chi connectivity index (χ4n) is 12.2. The quantitative estimate of drug-likeness (QED) is 0.0272. The Hall–Kier alpha value is -2.32. The van der Waals surface area contributed by atoms with Crippen molar-refractivity contribution in [1.29, 1.82) is 0 Å². The first-order valence-electron chi connectivity index (χ1n) is 40.4. The summed E-state index contributed by atoms with van der Waals surface area (Å²) in [5.74, 6) is -0.160. The fourth-order valence-corrected chi connectivity index (χ4v) is 12.9. The van der Waals surface area contributed by atoms with E-state index in [1.165, 1.54) is 283 Å². The van der Waals surface area contributed by atoms with Crippen LogP contribution in [0.5, 0.6) is 0 Å². The highest BCUT2D eigenvalue weighted by Crippen LogP contribution is 2.38. The number of quaternary nitrogens is 1. The molecule has 0 rings (SSSR count). The van der Waals surface area contributed by atoms with E-state index < -0.39 is 20.0 Å². The van der Waals surface area contributed by atoms with Gasteiger partial charge in [-0.2, -0.15) is 0 Å². The third-order valence-corrected chi connectivity index (χ3v) is 19.4. The van der Waals surface area contributed by atoms with Crippen LogP contribution < -0.4 is 10.2 Å². The van der Waals surface area contributed by atoms with Crippen LogP contribution in [0.15, 0.2) is 85.1 Å².